The van der Waals surface area contributed by atoms with Crippen molar-refractivity contribution in [2.24, 2.45) is 0 Å². The molecule has 0 spiro atoms. The number of unbranched alkanes of at least 4 members (excludes halogenated alkanes) is 4. The predicted octanol–water partition coefficient (Wildman–Crippen LogP) is 8.36. The molecule has 3 rings (SSSR count). The largest absolute Gasteiger partial charge is 0.491 e. The zero-order valence-electron chi connectivity index (χ0n) is 25.8. The first kappa shape index (κ1) is 33.8. The maximum absolute atomic E-state index is 12.7. The van der Waals surface area contributed by atoms with Gasteiger partial charge in [-0.15, -0.1) is 0 Å². The molecule has 0 unspecified atom stereocenters. The Kier molecular flexibility index (Phi) is 15.3. The summed E-state index contributed by atoms with van der Waals surface area (Å²) in [6.45, 7) is 9.06. The van der Waals surface area contributed by atoms with Crippen molar-refractivity contribution in [1.29, 1.82) is 0 Å². The molecule has 43 heavy (non-hydrogen) atoms. The molecule has 0 saturated heterocycles. The van der Waals surface area contributed by atoms with Crippen molar-refractivity contribution in [3.63, 3.8) is 0 Å². The van der Waals surface area contributed by atoms with Crippen molar-refractivity contribution in [1.82, 2.24) is 0 Å². The van der Waals surface area contributed by atoms with Gasteiger partial charge in [0.05, 0.1) is 25.4 Å². The van der Waals surface area contributed by atoms with Crippen LogP contribution in [-0.2, 0) is 19.0 Å². The van der Waals surface area contributed by atoms with E-state index in [4.69, 9.17) is 23.7 Å². The fourth-order valence-corrected chi connectivity index (χ4v) is 4.32. The lowest BCUT2D eigenvalue weighted by Crippen LogP contribution is -2.11. The van der Waals surface area contributed by atoms with Crippen LogP contribution in [0.1, 0.15) is 87.7 Å². The molecule has 1 atom stereocenters. The fraction of sp³-hybridized carbons (Fsp3) is 0.444. The van der Waals surface area contributed by atoms with Gasteiger partial charge < -0.3 is 23.7 Å². The van der Waals surface area contributed by atoms with Gasteiger partial charge in [0.15, 0.2) is 0 Å². The summed E-state index contributed by atoms with van der Waals surface area (Å²) in [4.78, 5) is 24.8. The Hall–Kier alpha value is -3.68. The molecule has 0 fully saturated rings. The van der Waals surface area contributed by atoms with Gasteiger partial charge in [-0.25, -0.2) is 4.79 Å². The summed E-state index contributed by atoms with van der Waals surface area (Å²) in [6, 6.07) is 22.1. The Morgan fingerprint density at radius 3 is 1.86 bits per heavy atom. The third kappa shape index (κ3) is 12.6. The highest BCUT2D eigenvalue weighted by Gasteiger charge is 2.13. The lowest BCUT2D eigenvalue weighted by molar-refractivity contribution is -0.148. The highest BCUT2D eigenvalue weighted by molar-refractivity contribution is 5.91. The number of rotatable bonds is 20. The molecule has 0 amide bonds. The van der Waals surface area contributed by atoms with E-state index < -0.39 is 5.97 Å². The lowest BCUT2D eigenvalue weighted by atomic mass is 10.0. The van der Waals surface area contributed by atoms with Gasteiger partial charge in [0, 0.05) is 13.0 Å². The van der Waals surface area contributed by atoms with E-state index in [9.17, 15) is 9.59 Å². The Balaban J connectivity index is 1.40. The molecule has 0 aromatic heterocycles. The zero-order chi connectivity index (χ0) is 30.7. The molecule has 232 valence electrons. The summed E-state index contributed by atoms with van der Waals surface area (Å²) in [5.41, 5.74) is 3.29. The molecule has 0 aliphatic rings. The SMILES string of the molecule is CCCCCCC(=O)O[C@H](C)c1ccc(OC(=O)c2ccc(-c3ccc(OCCOCCOCCCC)cc3)cc2)cc1. The van der Waals surface area contributed by atoms with Gasteiger partial charge in [0.2, 0.25) is 0 Å². The van der Waals surface area contributed by atoms with E-state index in [0.717, 1.165) is 67.6 Å². The van der Waals surface area contributed by atoms with Crippen molar-refractivity contribution in [3.8, 4) is 22.6 Å². The molecular formula is C36H46O7. The molecule has 0 heterocycles. The highest BCUT2D eigenvalue weighted by atomic mass is 16.5. The molecule has 0 aliphatic heterocycles. The average molecular weight is 591 g/mol. The smallest absolute Gasteiger partial charge is 0.343 e. The van der Waals surface area contributed by atoms with E-state index in [-0.39, 0.29) is 12.1 Å². The minimum atomic E-state index is -0.440. The Bertz CT molecular complexity index is 1200. The lowest BCUT2D eigenvalue weighted by Gasteiger charge is -2.14. The first-order chi connectivity index (χ1) is 21.0. The van der Waals surface area contributed by atoms with Crippen molar-refractivity contribution < 1.29 is 33.3 Å². The molecule has 0 saturated carbocycles. The molecule has 3 aromatic carbocycles. The number of hydrogen-bond acceptors (Lipinski definition) is 7. The van der Waals surface area contributed by atoms with Crippen LogP contribution in [0, 0.1) is 0 Å². The second-order valence-electron chi connectivity index (χ2n) is 10.4. The van der Waals surface area contributed by atoms with Gasteiger partial charge >= 0.3 is 11.9 Å². The van der Waals surface area contributed by atoms with Crippen LogP contribution in [0.2, 0.25) is 0 Å². The molecule has 0 bridgehead atoms. The summed E-state index contributed by atoms with van der Waals surface area (Å²) in [5.74, 6) is 0.571. The van der Waals surface area contributed by atoms with Gasteiger partial charge in [-0.05, 0) is 72.9 Å². The number of carbonyl (C=O) groups excluding carboxylic acids is 2. The Morgan fingerprint density at radius 2 is 1.21 bits per heavy atom. The van der Waals surface area contributed by atoms with Crippen molar-refractivity contribution in [2.45, 2.75) is 71.8 Å². The van der Waals surface area contributed by atoms with Gasteiger partial charge in [-0.2, -0.15) is 0 Å². The minimum absolute atomic E-state index is 0.188. The monoisotopic (exact) mass is 590 g/mol. The first-order valence-electron chi connectivity index (χ1n) is 15.5. The van der Waals surface area contributed by atoms with E-state index >= 15 is 0 Å². The van der Waals surface area contributed by atoms with Crippen molar-refractivity contribution in [3.05, 3.63) is 83.9 Å². The molecule has 3 aromatic rings. The summed E-state index contributed by atoms with van der Waals surface area (Å²) in [6.07, 6.45) is 6.43. The maximum atomic E-state index is 12.7. The number of hydrogen-bond donors (Lipinski definition) is 0. The number of benzene rings is 3. The average Bonchev–Trinajstić information content (AvgIpc) is 3.03. The minimum Gasteiger partial charge on any atom is -0.491 e. The van der Waals surface area contributed by atoms with Gasteiger partial charge in [-0.1, -0.05) is 75.9 Å². The number of esters is 2. The summed E-state index contributed by atoms with van der Waals surface area (Å²) >= 11 is 0. The summed E-state index contributed by atoms with van der Waals surface area (Å²) < 4.78 is 27.9. The molecule has 0 radical (unpaired) electrons. The van der Waals surface area contributed by atoms with Crippen molar-refractivity contribution in [2.75, 3.05) is 33.0 Å². The highest BCUT2D eigenvalue weighted by Crippen LogP contribution is 2.25. The van der Waals surface area contributed by atoms with Gasteiger partial charge in [-0.3, -0.25) is 4.79 Å². The van der Waals surface area contributed by atoms with Crippen LogP contribution in [0.25, 0.3) is 11.1 Å². The van der Waals surface area contributed by atoms with Crippen LogP contribution < -0.4 is 9.47 Å². The number of ether oxygens (including phenoxy) is 5. The summed E-state index contributed by atoms with van der Waals surface area (Å²) in [5, 5.41) is 0. The maximum Gasteiger partial charge on any atom is 0.343 e. The molecule has 7 nitrogen and oxygen atoms in total. The van der Waals surface area contributed by atoms with E-state index in [0.29, 0.717) is 44.2 Å². The van der Waals surface area contributed by atoms with Gasteiger partial charge in [0.25, 0.3) is 0 Å². The standard InChI is InChI=1S/C36H46O7/c1-4-6-8-9-10-35(37)42-28(3)29-15-21-34(22-16-29)43-36(38)32-13-11-30(12-14-32)31-17-19-33(20-18-31)41-27-26-40-25-24-39-23-7-5-2/h11-22,28H,4-10,23-27H2,1-3H3/t28-/m1/s1. The molecule has 7 heteroatoms. The molecule has 0 aliphatic carbocycles. The zero-order valence-corrected chi connectivity index (χ0v) is 25.8. The third-order valence-electron chi connectivity index (χ3n) is 6.92. The Labute approximate surface area is 256 Å². The van der Waals surface area contributed by atoms with Gasteiger partial charge in [0.1, 0.15) is 24.2 Å². The van der Waals surface area contributed by atoms with Crippen LogP contribution in [0.3, 0.4) is 0 Å². The topological polar surface area (TPSA) is 80.3 Å². The van der Waals surface area contributed by atoms with E-state index in [1.54, 1.807) is 24.3 Å². The number of carbonyl (C=O) groups is 2. The third-order valence-corrected chi connectivity index (χ3v) is 6.92. The fourth-order valence-electron chi connectivity index (χ4n) is 4.32. The van der Waals surface area contributed by atoms with Crippen LogP contribution in [-0.4, -0.2) is 45.0 Å². The van der Waals surface area contributed by atoms with Crippen LogP contribution in [0.15, 0.2) is 72.8 Å². The quantitative estimate of drug-likeness (QED) is 0.0743. The first-order valence-corrected chi connectivity index (χ1v) is 15.5. The van der Waals surface area contributed by atoms with Crippen LogP contribution in [0.5, 0.6) is 11.5 Å². The summed E-state index contributed by atoms with van der Waals surface area (Å²) in [7, 11) is 0. The Morgan fingerprint density at radius 1 is 0.628 bits per heavy atom. The molecule has 0 N–H and O–H groups in total. The van der Waals surface area contributed by atoms with E-state index in [2.05, 4.69) is 13.8 Å². The second kappa shape index (κ2) is 19.5. The van der Waals surface area contributed by atoms with Crippen molar-refractivity contribution >= 4 is 11.9 Å². The predicted molar refractivity (Wildman–Crippen MR) is 169 cm³/mol. The van der Waals surface area contributed by atoms with Crippen LogP contribution >= 0.6 is 0 Å². The molecular weight excluding hydrogens is 544 g/mol. The van der Waals surface area contributed by atoms with Crippen LogP contribution in [0.4, 0.5) is 0 Å². The van der Waals surface area contributed by atoms with E-state index in [1.807, 2.05) is 55.5 Å². The normalized spacial score (nSPS) is 11.6. The van der Waals surface area contributed by atoms with E-state index in [1.165, 1.54) is 0 Å². The second-order valence-corrected chi connectivity index (χ2v) is 10.4.